The number of benzene rings is 2. The summed E-state index contributed by atoms with van der Waals surface area (Å²) < 4.78 is 42.1. The van der Waals surface area contributed by atoms with Crippen LogP contribution in [0.4, 0.5) is 24.7 Å². The van der Waals surface area contributed by atoms with E-state index in [2.05, 4.69) is 10.4 Å². The first kappa shape index (κ1) is 25.4. The molecular weight excluding hydrogens is 501 g/mol. The molecule has 1 aliphatic heterocycles. The van der Waals surface area contributed by atoms with E-state index in [0.29, 0.717) is 29.9 Å². The van der Waals surface area contributed by atoms with Crippen LogP contribution in [0.15, 0.2) is 53.7 Å². The first-order valence-corrected chi connectivity index (χ1v) is 12.4. The summed E-state index contributed by atoms with van der Waals surface area (Å²) in [4.78, 5) is 15.5. The van der Waals surface area contributed by atoms with Gasteiger partial charge < -0.3 is 10.2 Å². The van der Waals surface area contributed by atoms with Gasteiger partial charge in [0, 0.05) is 49.0 Å². The van der Waals surface area contributed by atoms with E-state index in [9.17, 15) is 18.0 Å². The summed E-state index contributed by atoms with van der Waals surface area (Å²) in [7, 11) is 3.91. The first-order chi connectivity index (χ1) is 17.3. The van der Waals surface area contributed by atoms with Crippen molar-refractivity contribution in [2.75, 3.05) is 24.3 Å². The minimum Gasteiger partial charge on any atom is -0.378 e. The number of fused-ring (bicyclic) bond motifs is 1. The van der Waals surface area contributed by atoms with Crippen LogP contribution in [0.2, 0.25) is 5.02 Å². The quantitative estimate of drug-likeness (QED) is 0.393. The van der Waals surface area contributed by atoms with Crippen LogP contribution >= 0.6 is 11.6 Å². The highest BCUT2D eigenvalue weighted by atomic mass is 35.5. The number of anilines is 2. The zero-order chi connectivity index (χ0) is 26.9. The maximum atomic E-state index is 13.5. The van der Waals surface area contributed by atoms with Gasteiger partial charge in [-0.2, -0.15) is 18.3 Å². The summed E-state index contributed by atoms with van der Waals surface area (Å²) in [6, 6.07) is 11.2. The Labute approximate surface area is 218 Å². The third-order valence-corrected chi connectivity index (χ3v) is 7.44. The normalized spacial score (nSPS) is 18.8. The number of hydrogen-bond acceptors (Lipinski definition) is 4. The second-order valence-electron chi connectivity index (χ2n) is 10.8. The predicted octanol–water partition coefficient (Wildman–Crippen LogP) is 7.12. The molecule has 0 spiro atoms. The molecule has 0 unspecified atom stereocenters. The van der Waals surface area contributed by atoms with Crippen LogP contribution < -0.4 is 10.2 Å². The van der Waals surface area contributed by atoms with Gasteiger partial charge in [-0.1, -0.05) is 37.6 Å². The second kappa shape index (κ2) is 8.65. The average Bonchev–Trinajstić information content (AvgIpc) is 3.12. The lowest BCUT2D eigenvalue weighted by molar-refractivity contribution is -0.137. The van der Waals surface area contributed by atoms with Crippen molar-refractivity contribution in [3.8, 4) is 5.69 Å². The van der Waals surface area contributed by atoms with Gasteiger partial charge in [0.15, 0.2) is 5.78 Å². The molecule has 2 aliphatic rings. The zero-order valence-electron chi connectivity index (χ0n) is 21.3. The number of alkyl halides is 3. The summed E-state index contributed by atoms with van der Waals surface area (Å²) in [5.74, 6) is 0.199. The van der Waals surface area contributed by atoms with Crippen molar-refractivity contribution >= 4 is 28.9 Å². The molecule has 0 radical (unpaired) electrons. The molecule has 0 saturated heterocycles. The molecule has 0 fully saturated rings. The smallest absolute Gasteiger partial charge is 0.378 e. The van der Waals surface area contributed by atoms with Gasteiger partial charge in [-0.3, -0.25) is 4.79 Å². The molecule has 194 valence electrons. The van der Waals surface area contributed by atoms with Crippen LogP contribution in [-0.4, -0.2) is 29.7 Å². The van der Waals surface area contributed by atoms with E-state index in [1.807, 2.05) is 64.0 Å². The predicted molar refractivity (Wildman–Crippen MR) is 140 cm³/mol. The summed E-state index contributed by atoms with van der Waals surface area (Å²) >= 11 is 6.41. The Morgan fingerprint density at radius 2 is 1.78 bits per heavy atom. The van der Waals surface area contributed by atoms with Gasteiger partial charge in [-0.05, 0) is 54.7 Å². The summed E-state index contributed by atoms with van der Waals surface area (Å²) in [6.07, 6.45) is -3.48. The lowest BCUT2D eigenvalue weighted by Crippen LogP contribution is -2.34. The monoisotopic (exact) mass is 528 g/mol. The van der Waals surface area contributed by atoms with Crippen LogP contribution in [0.1, 0.15) is 55.0 Å². The fourth-order valence-electron chi connectivity index (χ4n) is 5.40. The molecule has 37 heavy (non-hydrogen) atoms. The number of rotatable bonds is 3. The number of carbonyl (C=O) groups excluding carboxylic acids is 1. The number of hydrogen-bond donors (Lipinski definition) is 1. The molecule has 2 aromatic carbocycles. The molecule has 0 saturated carbocycles. The molecule has 9 heteroatoms. The molecule has 1 aromatic heterocycles. The third kappa shape index (κ3) is 4.41. The van der Waals surface area contributed by atoms with Crippen molar-refractivity contribution in [2.45, 2.75) is 45.7 Å². The summed E-state index contributed by atoms with van der Waals surface area (Å²) in [6.45, 7) is 5.89. The number of aryl methyl sites for hydroxylation is 1. The van der Waals surface area contributed by atoms with Gasteiger partial charge in [0.05, 0.1) is 22.0 Å². The van der Waals surface area contributed by atoms with Crippen LogP contribution in [0.25, 0.3) is 5.69 Å². The molecule has 3 aromatic rings. The van der Waals surface area contributed by atoms with Crippen molar-refractivity contribution < 1.29 is 18.0 Å². The number of aromatic nitrogens is 2. The van der Waals surface area contributed by atoms with Crippen molar-refractivity contribution in [3.63, 3.8) is 0 Å². The number of allylic oxidation sites excluding steroid dienone is 2. The highest BCUT2D eigenvalue weighted by Crippen LogP contribution is 2.51. The number of halogens is 4. The van der Waals surface area contributed by atoms with E-state index in [1.165, 1.54) is 10.7 Å². The van der Waals surface area contributed by atoms with E-state index in [-0.39, 0.29) is 21.9 Å². The maximum absolute atomic E-state index is 13.5. The van der Waals surface area contributed by atoms with E-state index >= 15 is 0 Å². The van der Waals surface area contributed by atoms with E-state index in [4.69, 9.17) is 11.6 Å². The van der Waals surface area contributed by atoms with Gasteiger partial charge in [-0.15, -0.1) is 0 Å². The average molecular weight is 529 g/mol. The van der Waals surface area contributed by atoms with Gasteiger partial charge in [0.25, 0.3) is 0 Å². The number of nitrogens with one attached hydrogen (secondary N) is 1. The molecular formula is C28H28ClF3N4O. The Hall–Kier alpha value is -3.26. The summed E-state index contributed by atoms with van der Waals surface area (Å²) in [5.41, 5.74) is 3.85. The van der Waals surface area contributed by atoms with Gasteiger partial charge in [0.1, 0.15) is 5.82 Å². The van der Waals surface area contributed by atoms with Crippen LogP contribution in [0.5, 0.6) is 0 Å². The van der Waals surface area contributed by atoms with Gasteiger partial charge in [-0.25, -0.2) is 4.68 Å². The number of carbonyl (C=O) groups is 1. The van der Waals surface area contributed by atoms with Crippen LogP contribution in [0, 0.1) is 12.3 Å². The fourth-order valence-corrected chi connectivity index (χ4v) is 5.60. The number of nitrogens with zero attached hydrogens (tertiary/aromatic N) is 3. The molecule has 1 atom stereocenters. The van der Waals surface area contributed by atoms with E-state index in [0.717, 1.165) is 34.6 Å². The maximum Gasteiger partial charge on any atom is 0.416 e. The Kier molecular flexibility index (Phi) is 5.94. The Morgan fingerprint density at radius 1 is 1.11 bits per heavy atom. The standard InChI is InChI=1S/C28H28ClF3N4O/c1-15-23-24(16-6-9-18(10-7-16)35(4)5)25-20(13-27(2,3)14-22(25)37)33-26(23)36(34-15)21-12-17(28(30,31)32)8-11-19(21)29/h6-12,24,33H,13-14H2,1-5H3/t24-/m0/s1. The van der Waals surface area contributed by atoms with E-state index < -0.39 is 17.7 Å². The first-order valence-electron chi connectivity index (χ1n) is 12.0. The Morgan fingerprint density at radius 3 is 2.41 bits per heavy atom. The topological polar surface area (TPSA) is 50.2 Å². The minimum absolute atomic E-state index is 0.0651. The molecule has 1 aliphatic carbocycles. The molecule has 0 bridgehead atoms. The third-order valence-electron chi connectivity index (χ3n) is 7.12. The molecule has 5 nitrogen and oxygen atoms in total. The van der Waals surface area contributed by atoms with E-state index in [1.54, 1.807) is 0 Å². The number of ketones is 1. The molecule has 1 N–H and O–H groups in total. The van der Waals surface area contributed by atoms with Gasteiger partial charge >= 0.3 is 6.18 Å². The van der Waals surface area contributed by atoms with Crippen molar-refractivity contribution in [3.05, 3.63) is 81.1 Å². The zero-order valence-corrected chi connectivity index (χ0v) is 22.1. The van der Waals surface area contributed by atoms with Crippen molar-refractivity contribution in [1.82, 2.24) is 9.78 Å². The lowest BCUT2D eigenvalue weighted by atomic mass is 9.69. The van der Waals surface area contributed by atoms with Crippen LogP contribution in [0.3, 0.4) is 0 Å². The van der Waals surface area contributed by atoms with Crippen molar-refractivity contribution in [1.29, 1.82) is 0 Å². The van der Waals surface area contributed by atoms with Crippen molar-refractivity contribution in [2.24, 2.45) is 5.41 Å². The molecule has 2 heterocycles. The Balaban J connectivity index is 1.74. The van der Waals surface area contributed by atoms with Gasteiger partial charge in [0.2, 0.25) is 0 Å². The minimum atomic E-state index is -4.53. The SMILES string of the molecule is Cc1nn(-c2cc(C(F)(F)F)ccc2Cl)c2c1[C@H](c1ccc(N(C)C)cc1)C1=C(CC(C)(C)CC1=O)N2. The fraction of sp³-hybridized carbons (Fsp3) is 0.357. The molecule has 0 amide bonds. The van der Waals surface area contributed by atoms with Crippen LogP contribution in [-0.2, 0) is 11.0 Å². The second-order valence-corrected chi connectivity index (χ2v) is 11.2. The Bertz CT molecular complexity index is 1430. The number of Topliss-reactive ketones (excluding diaryl/α,β-unsaturated/α-hetero) is 1. The summed E-state index contributed by atoms with van der Waals surface area (Å²) in [5, 5.41) is 8.19. The largest absolute Gasteiger partial charge is 0.416 e. The highest BCUT2D eigenvalue weighted by molar-refractivity contribution is 6.32. The highest BCUT2D eigenvalue weighted by Gasteiger charge is 2.43. The lowest BCUT2D eigenvalue weighted by Gasteiger charge is -2.38. The molecule has 5 rings (SSSR count).